The molecule has 0 N–H and O–H groups in total. The lowest BCUT2D eigenvalue weighted by molar-refractivity contribution is 0.0208. The van der Waals surface area contributed by atoms with Crippen LogP contribution in [0.4, 0.5) is 0 Å². The Morgan fingerprint density at radius 1 is 1.24 bits per heavy atom. The van der Waals surface area contributed by atoms with Gasteiger partial charge in [-0.3, -0.25) is 9.47 Å². The highest BCUT2D eigenvalue weighted by Crippen LogP contribution is 2.36. The van der Waals surface area contributed by atoms with E-state index in [-0.39, 0.29) is 0 Å². The van der Waals surface area contributed by atoms with E-state index in [9.17, 15) is 0 Å². The molecule has 2 aliphatic rings. The molecule has 1 aliphatic heterocycles. The van der Waals surface area contributed by atoms with Crippen LogP contribution in [0.15, 0.2) is 24.3 Å². The van der Waals surface area contributed by atoms with Crippen LogP contribution in [-0.4, -0.2) is 45.6 Å². The number of morpholine rings is 1. The monoisotopic (exact) mass is 380 g/mol. The van der Waals surface area contributed by atoms with Gasteiger partial charge in [0.1, 0.15) is 12.4 Å². The summed E-state index contributed by atoms with van der Waals surface area (Å²) in [7, 11) is 0. The van der Waals surface area contributed by atoms with Crippen molar-refractivity contribution in [3.63, 3.8) is 0 Å². The van der Waals surface area contributed by atoms with Crippen LogP contribution in [0, 0.1) is 4.77 Å². The molecule has 1 aliphatic carbocycles. The molecule has 0 radical (unpaired) electrons. The molecule has 6 nitrogen and oxygen atoms in total. The van der Waals surface area contributed by atoms with Crippen molar-refractivity contribution >= 4 is 23.8 Å². The minimum Gasteiger partial charge on any atom is -0.484 e. The van der Waals surface area contributed by atoms with Gasteiger partial charge in [-0.05, 0) is 37.2 Å². The summed E-state index contributed by atoms with van der Waals surface area (Å²) in [5.74, 6) is 1.53. The predicted octanol–water partition coefficient (Wildman–Crippen LogP) is 3.27. The maximum Gasteiger partial charge on any atom is 0.199 e. The highest BCUT2D eigenvalue weighted by Gasteiger charge is 2.29. The Balaban J connectivity index is 1.53. The van der Waals surface area contributed by atoms with Crippen LogP contribution in [0.3, 0.4) is 0 Å². The molecule has 0 amide bonds. The molecule has 0 spiro atoms. The van der Waals surface area contributed by atoms with Crippen LogP contribution < -0.4 is 4.74 Å². The van der Waals surface area contributed by atoms with E-state index >= 15 is 0 Å². The van der Waals surface area contributed by atoms with Gasteiger partial charge in [-0.15, -0.1) is 0 Å². The SMILES string of the molecule is S=c1n(CN2CCOCC2)nc(COc2ccccc2Cl)n1C1CC1. The Kier molecular flexibility index (Phi) is 5.08. The number of aromatic nitrogens is 3. The van der Waals surface area contributed by atoms with E-state index in [1.807, 2.05) is 28.9 Å². The van der Waals surface area contributed by atoms with E-state index in [4.69, 9.17) is 38.4 Å². The second kappa shape index (κ2) is 7.45. The second-order valence-corrected chi connectivity index (χ2v) is 7.16. The normalized spacial score (nSPS) is 18.4. The third kappa shape index (κ3) is 3.89. The molecule has 1 aromatic heterocycles. The van der Waals surface area contributed by atoms with E-state index in [0.717, 1.165) is 49.7 Å². The third-order valence-corrected chi connectivity index (χ3v) is 5.20. The van der Waals surface area contributed by atoms with Crippen molar-refractivity contribution in [2.75, 3.05) is 26.3 Å². The summed E-state index contributed by atoms with van der Waals surface area (Å²) < 4.78 is 16.1. The van der Waals surface area contributed by atoms with Gasteiger partial charge in [-0.1, -0.05) is 23.7 Å². The number of ether oxygens (including phenoxy) is 2. The van der Waals surface area contributed by atoms with Gasteiger partial charge in [0, 0.05) is 19.1 Å². The van der Waals surface area contributed by atoms with Gasteiger partial charge in [-0.25, -0.2) is 4.68 Å². The van der Waals surface area contributed by atoms with Crippen molar-refractivity contribution in [3.8, 4) is 5.75 Å². The fourth-order valence-electron chi connectivity index (χ4n) is 2.99. The first kappa shape index (κ1) is 17.0. The molecule has 134 valence electrons. The van der Waals surface area contributed by atoms with Crippen molar-refractivity contribution in [1.82, 2.24) is 19.2 Å². The Labute approximate surface area is 156 Å². The number of benzene rings is 1. The number of nitrogens with zero attached hydrogens (tertiary/aromatic N) is 4. The zero-order valence-corrected chi connectivity index (χ0v) is 15.5. The highest BCUT2D eigenvalue weighted by atomic mass is 35.5. The van der Waals surface area contributed by atoms with Crippen molar-refractivity contribution < 1.29 is 9.47 Å². The maximum atomic E-state index is 6.17. The van der Waals surface area contributed by atoms with Crippen molar-refractivity contribution in [2.45, 2.75) is 32.2 Å². The van der Waals surface area contributed by atoms with E-state index < -0.39 is 0 Å². The van der Waals surface area contributed by atoms with Crippen LogP contribution in [-0.2, 0) is 18.0 Å². The summed E-state index contributed by atoms with van der Waals surface area (Å²) in [6.07, 6.45) is 2.30. The second-order valence-electron chi connectivity index (χ2n) is 6.39. The van der Waals surface area contributed by atoms with Crippen LogP contribution in [0.2, 0.25) is 5.02 Å². The molecule has 0 atom stereocenters. The summed E-state index contributed by atoms with van der Waals surface area (Å²) in [6.45, 7) is 4.40. The summed E-state index contributed by atoms with van der Waals surface area (Å²) >= 11 is 11.9. The smallest absolute Gasteiger partial charge is 0.199 e. The van der Waals surface area contributed by atoms with Crippen LogP contribution in [0.1, 0.15) is 24.7 Å². The number of hydrogen-bond acceptors (Lipinski definition) is 5. The van der Waals surface area contributed by atoms with Crippen molar-refractivity contribution in [1.29, 1.82) is 0 Å². The summed E-state index contributed by atoms with van der Waals surface area (Å²) in [6, 6.07) is 7.93. The topological polar surface area (TPSA) is 44.4 Å². The van der Waals surface area contributed by atoms with E-state index in [0.29, 0.717) is 30.1 Å². The molecule has 1 saturated carbocycles. The van der Waals surface area contributed by atoms with Gasteiger partial charge >= 0.3 is 0 Å². The molecule has 1 aromatic carbocycles. The molecular weight excluding hydrogens is 360 g/mol. The highest BCUT2D eigenvalue weighted by molar-refractivity contribution is 7.71. The van der Waals surface area contributed by atoms with Crippen molar-refractivity contribution in [3.05, 3.63) is 39.9 Å². The van der Waals surface area contributed by atoms with Gasteiger partial charge < -0.3 is 9.47 Å². The minimum atomic E-state index is 0.361. The molecule has 0 bridgehead atoms. The summed E-state index contributed by atoms with van der Waals surface area (Å²) in [5, 5.41) is 5.34. The fourth-order valence-corrected chi connectivity index (χ4v) is 3.53. The molecule has 25 heavy (non-hydrogen) atoms. The van der Waals surface area contributed by atoms with Crippen LogP contribution >= 0.6 is 23.8 Å². The molecular formula is C17H21ClN4O2S. The maximum absolute atomic E-state index is 6.17. The number of rotatable bonds is 6. The lowest BCUT2D eigenvalue weighted by Gasteiger charge is -2.26. The lowest BCUT2D eigenvalue weighted by Crippen LogP contribution is -2.37. The first-order valence-corrected chi connectivity index (χ1v) is 9.36. The van der Waals surface area contributed by atoms with Gasteiger partial charge in [0.25, 0.3) is 0 Å². The lowest BCUT2D eigenvalue weighted by atomic mass is 10.3. The third-order valence-electron chi connectivity index (χ3n) is 4.48. The summed E-state index contributed by atoms with van der Waals surface area (Å²) in [5.41, 5.74) is 0. The molecule has 0 unspecified atom stereocenters. The zero-order chi connectivity index (χ0) is 17.2. The number of halogens is 1. The van der Waals surface area contributed by atoms with E-state index in [1.54, 1.807) is 0 Å². The molecule has 2 aromatic rings. The number of para-hydroxylation sites is 1. The Morgan fingerprint density at radius 3 is 2.72 bits per heavy atom. The predicted molar refractivity (Wildman–Crippen MR) is 97.5 cm³/mol. The Bertz CT molecular complexity index is 796. The van der Waals surface area contributed by atoms with E-state index in [2.05, 4.69) is 9.47 Å². The average molecular weight is 381 g/mol. The zero-order valence-electron chi connectivity index (χ0n) is 13.9. The van der Waals surface area contributed by atoms with Gasteiger partial charge in [0.15, 0.2) is 10.6 Å². The van der Waals surface area contributed by atoms with Gasteiger partial charge in [0.05, 0.1) is 24.9 Å². The largest absolute Gasteiger partial charge is 0.484 e. The first-order chi connectivity index (χ1) is 12.2. The summed E-state index contributed by atoms with van der Waals surface area (Å²) in [4.78, 5) is 2.31. The molecule has 8 heteroatoms. The van der Waals surface area contributed by atoms with E-state index in [1.165, 1.54) is 0 Å². The van der Waals surface area contributed by atoms with Crippen molar-refractivity contribution in [2.24, 2.45) is 0 Å². The van der Waals surface area contributed by atoms with Gasteiger partial charge in [-0.2, -0.15) is 5.10 Å². The molecule has 2 heterocycles. The van der Waals surface area contributed by atoms with Crippen LogP contribution in [0.5, 0.6) is 5.75 Å². The van der Waals surface area contributed by atoms with Crippen LogP contribution in [0.25, 0.3) is 0 Å². The molecule has 2 fully saturated rings. The fraction of sp³-hybridized carbons (Fsp3) is 0.529. The van der Waals surface area contributed by atoms with Gasteiger partial charge in [0.2, 0.25) is 0 Å². The standard InChI is InChI=1S/C17H21ClN4O2S/c18-14-3-1-2-4-15(14)24-11-16-19-21(12-20-7-9-23-10-8-20)17(25)22(16)13-5-6-13/h1-4,13H,5-12H2. The first-order valence-electron chi connectivity index (χ1n) is 8.58. The number of hydrogen-bond donors (Lipinski definition) is 0. The molecule has 4 rings (SSSR count). The minimum absolute atomic E-state index is 0.361. The Morgan fingerprint density at radius 2 is 2.00 bits per heavy atom. The quantitative estimate of drug-likeness (QED) is 0.719. The average Bonchev–Trinajstić information content (AvgIpc) is 3.41. The Hall–Kier alpha value is -1.41. The molecule has 1 saturated heterocycles.